The minimum Gasteiger partial charge on any atom is -0.468 e. The fraction of sp³-hybridized carbons (Fsp3) is 0.511. The second kappa shape index (κ2) is 16.6. The smallest absolute Gasteiger partial charge is 0.422 e. The lowest BCUT2D eigenvalue weighted by Crippen LogP contribution is -2.68. The minimum atomic E-state index is -4.79. The fourth-order valence-electron chi connectivity index (χ4n) is 9.98. The summed E-state index contributed by atoms with van der Waals surface area (Å²) in [7, 11) is -1.02. The van der Waals surface area contributed by atoms with Gasteiger partial charge in [-0.15, -0.1) is 5.54 Å². The van der Waals surface area contributed by atoms with E-state index in [9.17, 15) is 28.3 Å². The molecule has 326 valence electrons. The first-order valence-electron chi connectivity index (χ1n) is 20.3. The Balaban J connectivity index is 1.69. The highest BCUT2D eigenvalue weighted by Crippen LogP contribution is 2.51. The van der Waals surface area contributed by atoms with Gasteiger partial charge in [0.15, 0.2) is 19.2 Å². The number of hydrogen-bond acceptors (Lipinski definition) is 8. The number of aromatic nitrogens is 2. The van der Waals surface area contributed by atoms with E-state index in [-0.39, 0.29) is 81.1 Å². The van der Waals surface area contributed by atoms with Gasteiger partial charge in [-0.3, -0.25) is 4.90 Å². The summed E-state index contributed by atoms with van der Waals surface area (Å²) in [4.78, 5) is 24.4. The molecule has 3 heterocycles. The van der Waals surface area contributed by atoms with Gasteiger partial charge in [0.1, 0.15) is 31.0 Å². The van der Waals surface area contributed by atoms with Crippen LogP contribution in [-0.2, 0) is 4.74 Å². The number of nitriles is 1. The molecular formula is C45H52F5N5O5Si. The molecule has 2 atom stereocenters. The highest BCUT2D eigenvalue weighted by molar-refractivity contribution is 6.90. The first kappa shape index (κ1) is 45.3. The Labute approximate surface area is 354 Å². The van der Waals surface area contributed by atoms with E-state index in [0.29, 0.717) is 18.2 Å². The predicted molar refractivity (Wildman–Crippen MR) is 226 cm³/mol. The molecule has 4 aromatic rings. The molecule has 2 aliphatic rings. The maximum absolute atomic E-state index is 17.8. The number of rotatable bonds is 10. The number of methoxy groups -OCH3 is 1. The SMILES string of the molecule is COCOc1cc(-c2c(C#N)cc3c(N4C[C@@H]5CC[C@@](C(C)(C)C)(C4)N5C(=O)O)nc(OCC(F)(F)F)nc3c2F)c2c(C#C[Si](C(C)C)(C(C)C)C(C)C)c(F)ccc2c1. The largest absolute Gasteiger partial charge is 0.468 e. The number of fused-ring (bicyclic) bond motifs is 4. The van der Waals surface area contributed by atoms with E-state index in [4.69, 9.17) is 14.2 Å². The molecule has 1 aromatic heterocycles. The Hall–Kier alpha value is -5.19. The third-order valence-electron chi connectivity index (χ3n) is 12.8. The van der Waals surface area contributed by atoms with Gasteiger partial charge in [-0.2, -0.15) is 28.4 Å². The highest BCUT2D eigenvalue weighted by atomic mass is 28.3. The summed E-state index contributed by atoms with van der Waals surface area (Å²) in [6.45, 7) is 16.7. The number of carboxylic acid groups (broad SMARTS) is 1. The molecule has 2 saturated heterocycles. The van der Waals surface area contributed by atoms with Crippen molar-refractivity contribution in [2.45, 2.75) is 110 Å². The number of halogens is 5. The van der Waals surface area contributed by atoms with Crippen molar-refractivity contribution in [2.75, 3.05) is 38.5 Å². The number of alkyl halides is 3. The number of benzene rings is 3. The van der Waals surface area contributed by atoms with E-state index in [1.807, 2.05) is 20.8 Å². The third-order valence-corrected chi connectivity index (χ3v) is 19.1. The molecule has 3 aromatic carbocycles. The zero-order chi connectivity index (χ0) is 45.0. The third kappa shape index (κ3) is 8.05. The van der Waals surface area contributed by atoms with Crippen LogP contribution >= 0.6 is 0 Å². The summed E-state index contributed by atoms with van der Waals surface area (Å²) in [6.07, 6.45) is -4.89. The Bertz CT molecular complexity index is 2450. The van der Waals surface area contributed by atoms with Crippen molar-refractivity contribution in [3.8, 4) is 40.4 Å². The first-order chi connectivity index (χ1) is 28.5. The van der Waals surface area contributed by atoms with Crippen LogP contribution in [0, 0.1) is 39.8 Å². The van der Waals surface area contributed by atoms with Gasteiger partial charge in [-0.05, 0) is 70.1 Å². The second-order valence-corrected chi connectivity index (χ2v) is 23.6. The normalized spacial score (nSPS) is 18.3. The average Bonchev–Trinajstić information content (AvgIpc) is 3.43. The fourth-order valence-corrected chi connectivity index (χ4v) is 15.2. The Morgan fingerprint density at radius 3 is 2.28 bits per heavy atom. The van der Waals surface area contributed by atoms with Crippen molar-refractivity contribution in [3.63, 3.8) is 0 Å². The molecule has 10 nitrogen and oxygen atoms in total. The van der Waals surface area contributed by atoms with E-state index in [2.05, 4.69) is 69.0 Å². The van der Waals surface area contributed by atoms with Gasteiger partial charge in [-0.25, -0.2) is 13.6 Å². The number of anilines is 1. The highest BCUT2D eigenvalue weighted by Gasteiger charge is 2.59. The van der Waals surface area contributed by atoms with E-state index < -0.39 is 67.1 Å². The van der Waals surface area contributed by atoms with Crippen molar-refractivity contribution in [1.82, 2.24) is 14.9 Å². The van der Waals surface area contributed by atoms with Crippen LogP contribution in [0.2, 0.25) is 16.6 Å². The summed E-state index contributed by atoms with van der Waals surface area (Å²) in [5.74, 6) is 1.61. The van der Waals surface area contributed by atoms with Crippen molar-refractivity contribution < 1.29 is 46.1 Å². The number of hydrogen-bond donors (Lipinski definition) is 1. The molecule has 1 amide bonds. The quantitative estimate of drug-likeness (QED) is 0.0719. The van der Waals surface area contributed by atoms with Gasteiger partial charge in [0.05, 0.1) is 28.8 Å². The first-order valence-corrected chi connectivity index (χ1v) is 22.6. The maximum atomic E-state index is 17.8. The molecule has 2 aliphatic heterocycles. The standard InChI is InChI=1S/C45H52F5N5O5Si/c1-25(2)61(26(3)4,27(5)6)16-14-32-35(46)12-11-28-17-31(60-24-58-10)19-33(36(28)32)37-29(20-51)18-34-39(38(37)47)52-41(59-23-45(48,49)50)53-40(34)54-21-30-13-15-44(22-54,43(7,8)9)55(30)42(56)57/h11-12,17-19,25-27,30H,13,15,21-24H2,1-10H3,(H,56,57)/t30-,44-/m0/s1. The van der Waals surface area contributed by atoms with Crippen LogP contribution in [0.1, 0.15) is 86.3 Å². The van der Waals surface area contributed by atoms with E-state index in [1.165, 1.54) is 36.3 Å². The minimum absolute atomic E-state index is 0.00624. The average molecular weight is 866 g/mol. The molecule has 16 heteroatoms. The molecule has 2 fully saturated rings. The molecule has 0 aliphatic carbocycles. The van der Waals surface area contributed by atoms with Crippen LogP contribution in [0.25, 0.3) is 32.8 Å². The molecule has 1 N–H and O–H groups in total. The molecule has 0 unspecified atom stereocenters. The van der Waals surface area contributed by atoms with Crippen LogP contribution in [0.15, 0.2) is 30.3 Å². The lowest BCUT2D eigenvalue weighted by Gasteiger charge is -2.54. The lowest BCUT2D eigenvalue weighted by molar-refractivity contribution is -0.154. The van der Waals surface area contributed by atoms with E-state index >= 15 is 8.78 Å². The van der Waals surface area contributed by atoms with Crippen LogP contribution in [0.3, 0.4) is 0 Å². The summed E-state index contributed by atoms with van der Waals surface area (Å²) in [6, 6.07) is 8.02. The molecular weight excluding hydrogens is 814 g/mol. The van der Waals surface area contributed by atoms with Crippen LogP contribution in [-0.4, -0.2) is 85.5 Å². The number of piperazine rings is 1. The molecule has 6 rings (SSSR count). The van der Waals surface area contributed by atoms with Gasteiger partial charge in [0, 0.05) is 36.5 Å². The summed E-state index contributed by atoms with van der Waals surface area (Å²) in [5, 5.41) is 21.8. The number of amides is 1. The Morgan fingerprint density at radius 1 is 1.03 bits per heavy atom. The van der Waals surface area contributed by atoms with Gasteiger partial charge in [-0.1, -0.05) is 74.3 Å². The van der Waals surface area contributed by atoms with Crippen molar-refractivity contribution >= 4 is 41.7 Å². The van der Waals surface area contributed by atoms with Crippen molar-refractivity contribution in [1.29, 1.82) is 5.26 Å². The zero-order valence-electron chi connectivity index (χ0n) is 36.1. The van der Waals surface area contributed by atoms with E-state index in [0.717, 1.165) is 0 Å². The van der Waals surface area contributed by atoms with Crippen LogP contribution in [0.4, 0.5) is 32.6 Å². The molecule has 2 bridgehead atoms. The lowest BCUT2D eigenvalue weighted by atomic mass is 9.71. The van der Waals surface area contributed by atoms with Crippen LogP contribution < -0.4 is 14.4 Å². The zero-order valence-corrected chi connectivity index (χ0v) is 37.1. The molecule has 0 spiro atoms. The molecule has 0 radical (unpaired) electrons. The number of carbonyl (C=O) groups is 1. The van der Waals surface area contributed by atoms with Crippen molar-refractivity contribution in [3.05, 3.63) is 53.1 Å². The topological polar surface area (TPSA) is 121 Å². The Kier molecular flexibility index (Phi) is 12.3. The van der Waals surface area contributed by atoms with Gasteiger partial charge in [0.2, 0.25) is 0 Å². The monoisotopic (exact) mass is 865 g/mol. The Morgan fingerprint density at radius 2 is 1.70 bits per heavy atom. The molecule has 61 heavy (non-hydrogen) atoms. The van der Waals surface area contributed by atoms with Gasteiger partial charge < -0.3 is 24.2 Å². The van der Waals surface area contributed by atoms with Crippen LogP contribution in [0.5, 0.6) is 11.8 Å². The van der Waals surface area contributed by atoms with Gasteiger partial charge in [0.25, 0.3) is 0 Å². The number of ether oxygens (including phenoxy) is 3. The predicted octanol–water partition coefficient (Wildman–Crippen LogP) is 10.8. The molecule has 0 saturated carbocycles. The summed E-state index contributed by atoms with van der Waals surface area (Å²) < 4.78 is 90.9. The summed E-state index contributed by atoms with van der Waals surface area (Å²) >= 11 is 0. The number of nitrogens with zero attached hydrogens (tertiary/aromatic N) is 5. The maximum Gasteiger partial charge on any atom is 0.422 e. The second-order valence-electron chi connectivity index (χ2n) is 18.1. The summed E-state index contributed by atoms with van der Waals surface area (Å²) in [5.41, 5.74) is 1.66. The van der Waals surface area contributed by atoms with E-state index in [1.54, 1.807) is 11.0 Å². The van der Waals surface area contributed by atoms with Gasteiger partial charge >= 0.3 is 18.3 Å². The van der Waals surface area contributed by atoms with Crippen molar-refractivity contribution in [2.24, 2.45) is 5.41 Å².